The standard InChI is InChI=1S/C23H25N3O4/c27-21-15-18(16-26(21)19-7-3-1-4-8-19)23(29)25-13-11-24(12-14-25)22(28)17-30-20-9-5-2-6-10-20/h1-10,18H,11-17H2/t18-/m1/s1. The second kappa shape index (κ2) is 8.98. The van der Waals surface area contributed by atoms with Crippen molar-refractivity contribution < 1.29 is 19.1 Å². The van der Waals surface area contributed by atoms with E-state index in [2.05, 4.69) is 0 Å². The Balaban J connectivity index is 1.26. The lowest BCUT2D eigenvalue weighted by Gasteiger charge is -2.35. The summed E-state index contributed by atoms with van der Waals surface area (Å²) in [7, 11) is 0. The van der Waals surface area contributed by atoms with Gasteiger partial charge in [0.25, 0.3) is 5.91 Å². The highest BCUT2D eigenvalue weighted by Crippen LogP contribution is 2.26. The maximum Gasteiger partial charge on any atom is 0.260 e. The molecule has 0 unspecified atom stereocenters. The zero-order chi connectivity index (χ0) is 20.9. The lowest BCUT2D eigenvalue weighted by Crippen LogP contribution is -2.53. The van der Waals surface area contributed by atoms with Gasteiger partial charge in [0, 0.05) is 44.8 Å². The third-order valence-electron chi connectivity index (χ3n) is 5.59. The molecule has 2 aromatic carbocycles. The van der Waals surface area contributed by atoms with E-state index in [0.29, 0.717) is 38.5 Å². The number of hydrogen-bond donors (Lipinski definition) is 0. The van der Waals surface area contributed by atoms with E-state index >= 15 is 0 Å². The topological polar surface area (TPSA) is 70.2 Å². The summed E-state index contributed by atoms with van der Waals surface area (Å²) in [6.45, 7) is 2.31. The average molecular weight is 407 g/mol. The third-order valence-corrected chi connectivity index (χ3v) is 5.59. The molecule has 2 fully saturated rings. The van der Waals surface area contributed by atoms with Gasteiger partial charge in [0.15, 0.2) is 6.61 Å². The van der Waals surface area contributed by atoms with Crippen LogP contribution in [0.3, 0.4) is 0 Å². The number of ether oxygens (including phenoxy) is 1. The molecule has 0 saturated carbocycles. The first kappa shape index (κ1) is 19.9. The molecule has 2 heterocycles. The van der Waals surface area contributed by atoms with Crippen molar-refractivity contribution >= 4 is 23.4 Å². The fourth-order valence-electron chi connectivity index (χ4n) is 3.92. The van der Waals surface area contributed by atoms with Gasteiger partial charge < -0.3 is 19.4 Å². The van der Waals surface area contributed by atoms with Crippen molar-refractivity contribution in [3.63, 3.8) is 0 Å². The van der Waals surface area contributed by atoms with E-state index in [1.54, 1.807) is 14.7 Å². The highest BCUT2D eigenvalue weighted by Gasteiger charge is 2.38. The largest absolute Gasteiger partial charge is 0.484 e. The average Bonchev–Trinajstić information content (AvgIpc) is 3.20. The van der Waals surface area contributed by atoms with E-state index in [-0.39, 0.29) is 36.7 Å². The first-order valence-electron chi connectivity index (χ1n) is 10.2. The van der Waals surface area contributed by atoms with Crippen LogP contribution < -0.4 is 9.64 Å². The molecule has 2 aromatic rings. The Labute approximate surface area is 175 Å². The highest BCUT2D eigenvalue weighted by atomic mass is 16.5. The zero-order valence-electron chi connectivity index (χ0n) is 16.8. The number of piperazine rings is 1. The lowest BCUT2D eigenvalue weighted by atomic mass is 10.1. The maximum absolute atomic E-state index is 12.9. The van der Waals surface area contributed by atoms with Gasteiger partial charge in [-0.3, -0.25) is 14.4 Å². The number of amides is 3. The van der Waals surface area contributed by atoms with E-state index in [1.807, 2.05) is 60.7 Å². The molecule has 2 saturated heterocycles. The van der Waals surface area contributed by atoms with Crippen molar-refractivity contribution in [2.75, 3.05) is 44.2 Å². The number of benzene rings is 2. The van der Waals surface area contributed by atoms with E-state index in [0.717, 1.165) is 5.69 Å². The normalized spacial score (nSPS) is 19.1. The van der Waals surface area contributed by atoms with Gasteiger partial charge in [-0.25, -0.2) is 0 Å². The summed E-state index contributed by atoms with van der Waals surface area (Å²) in [6.07, 6.45) is 0.234. The van der Waals surface area contributed by atoms with Crippen molar-refractivity contribution in [2.24, 2.45) is 5.92 Å². The molecule has 0 radical (unpaired) electrons. The second-order valence-electron chi connectivity index (χ2n) is 7.55. The van der Waals surface area contributed by atoms with Gasteiger partial charge >= 0.3 is 0 Å². The van der Waals surface area contributed by atoms with E-state index in [1.165, 1.54) is 0 Å². The van der Waals surface area contributed by atoms with Gasteiger partial charge in [0.1, 0.15) is 5.75 Å². The summed E-state index contributed by atoms with van der Waals surface area (Å²) < 4.78 is 5.53. The van der Waals surface area contributed by atoms with Gasteiger partial charge in [0.2, 0.25) is 11.8 Å². The molecule has 156 valence electrons. The predicted octanol–water partition coefficient (Wildman–Crippen LogP) is 1.79. The van der Waals surface area contributed by atoms with Crippen LogP contribution in [0.2, 0.25) is 0 Å². The minimum atomic E-state index is -0.332. The molecule has 0 aliphatic carbocycles. The first-order valence-corrected chi connectivity index (χ1v) is 10.2. The van der Waals surface area contributed by atoms with Gasteiger partial charge in [-0.05, 0) is 24.3 Å². The fraction of sp³-hybridized carbons (Fsp3) is 0.348. The van der Waals surface area contributed by atoms with Crippen LogP contribution in [0.1, 0.15) is 6.42 Å². The molecule has 3 amide bonds. The van der Waals surface area contributed by atoms with E-state index in [4.69, 9.17) is 4.74 Å². The van der Waals surface area contributed by atoms with Crippen LogP contribution in [0.25, 0.3) is 0 Å². The summed E-state index contributed by atoms with van der Waals surface area (Å²) in [5.41, 5.74) is 0.826. The summed E-state index contributed by atoms with van der Waals surface area (Å²) in [5, 5.41) is 0. The van der Waals surface area contributed by atoms with Crippen molar-refractivity contribution in [3.05, 3.63) is 60.7 Å². The zero-order valence-corrected chi connectivity index (χ0v) is 16.8. The minimum Gasteiger partial charge on any atom is -0.484 e. The number of rotatable bonds is 5. The summed E-state index contributed by atoms with van der Waals surface area (Å²) in [4.78, 5) is 42.9. The van der Waals surface area contributed by atoms with Crippen molar-refractivity contribution in [2.45, 2.75) is 6.42 Å². The fourth-order valence-corrected chi connectivity index (χ4v) is 3.92. The molecular formula is C23H25N3O4. The summed E-state index contributed by atoms with van der Waals surface area (Å²) in [5.74, 6) is 0.216. The monoisotopic (exact) mass is 407 g/mol. The number of carbonyl (C=O) groups is 3. The van der Waals surface area contributed by atoms with Crippen LogP contribution in [0.5, 0.6) is 5.75 Å². The molecule has 0 bridgehead atoms. The van der Waals surface area contributed by atoms with E-state index < -0.39 is 0 Å². The quantitative estimate of drug-likeness (QED) is 0.758. The van der Waals surface area contributed by atoms with Crippen LogP contribution in [0, 0.1) is 5.92 Å². The second-order valence-corrected chi connectivity index (χ2v) is 7.55. The van der Waals surface area contributed by atoms with Gasteiger partial charge in [-0.1, -0.05) is 36.4 Å². The Morgan fingerprint density at radius 1 is 0.867 bits per heavy atom. The van der Waals surface area contributed by atoms with Crippen LogP contribution in [-0.4, -0.2) is 66.9 Å². The highest BCUT2D eigenvalue weighted by molar-refractivity contribution is 6.00. The molecule has 0 aromatic heterocycles. The van der Waals surface area contributed by atoms with Gasteiger partial charge in [-0.15, -0.1) is 0 Å². The van der Waals surface area contributed by atoms with Crippen LogP contribution in [0.15, 0.2) is 60.7 Å². The van der Waals surface area contributed by atoms with Crippen LogP contribution in [-0.2, 0) is 14.4 Å². The smallest absolute Gasteiger partial charge is 0.260 e. The SMILES string of the molecule is O=C(COc1ccccc1)N1CCN(C(=O)[C@@H]2CC(=O)N(c3ccccc3)C2)CC1. The molecule has 2 aliphatic rings. The number of para-hydroxylation sites is 2. The van der Waals surface area contributed by atoms with E-state index in [9.17, 15) is 14.4 Å². The Bertz CT molecular complexity index is 895. The van der Waals surface area contributed by atoms with Gasteiger partial charge in [-0.2, -0.15) is 0 Å². The number of carbonyl (C=O) groups excluding carboxylic acids is 3. The Morgan fingerprint density at radius 3 is 2.13 bits per heavy atom. The predicted molar refractivity (Wildman–Crippen MR) is 112 cm³/mol. The minimum absolute atomic E-state index is 0.00517. The Hall–Kier alpha value is -3.35. The van der Waals surface area contributed by atoms with Gasteiger partial charge in [0.05, 0.1) is 5.92 Å². The molecule has 30 heavy (non-hydrogen) atoms. The first-order chi connectivity index (χ1) is 14.6. The summed E-state index contributed by atoms with van der Waals surface area (Å²) >= 11 is 0. The lowest BCUT2D eigenvalue weighted by molar-refractivity contribution is -0.142. The van der Waals surface area contributed by atoms with Crippen molar-refractivity contribution in [1.29, 1.82) is 0 Å². The molecule has 0 N–H and O–H groups in total. The Kier molecular flexibility index (Phi) is 5.97. The Morgan fingerprint density at radius 2 is 1.47 bits per heavy atom. The summed E-state index contributed by atoms with van der Waals surface area (Å²) in [6, 6.07) is 18.7. The maximum atomic E-state index is 12.9. The number of hydrogen-bond acceptors (Lipinski definition) is 4. The van der Waals surface area contributed by atoms with Crippen molar-refractivity contribution in [1.82, 2.24) is 9.80 Å². The molecule has 1 atom stereocenters. The molecule has 4 rings (SSSR count). The molecule has 7 nitrogen and oxygen atoms in total. The van der Waals surface area contributed by atoms with Crippen molar-refractivity contribution in [3.8, 4) is 5.75 Å². The van der Waals surface area contributed by atoms with Crippen LogP contribution >= 0.6 is 0 Å². The molecule has 7 heteroatoms. The number of anilines is 1. The molecular weight excluding hydrogens is 382 g/mol. The molecule has 2 aliphatic heterocycles. The van der Waals surface area contributed by atoms with Crippen LogP contribution in [0.4, 0.5) is 5.69 Å². The molecule has 0 spiro atoms. The number of nitrogens with zero attached hydrogens (tertiary/aromatic N) is 3. The third kappa shape index (κ3) is 4.45.